The zero-order valence-electron chi connectivity index (χ0n) is 9.68. The zero-order valence-corrected chi connectivity index (χ0v) is 10.4. The summed E-state index contributed by atoms with van der Waals surface area (Å²) < 4.78 is 1.78. The van der Waals surface area contributed by atoms with E-state index >= 15 is 0 Å². The predicted octanol–water partition coefficient (Wildman–Crippen LogP) is 1.75. The maximum Gasteiger partial charge on any atom is 0.138 e. The highest BCUT2D eigenvalue weighted by molar-refractivity contribution is 6.30. The van der Waals surface area contributed by atoms with Crippen LogP contribution in [0.2, 0.25) is 5.02 Å². The van der Waals surface area contributed by atoms with E-state index in [1.807, 2.05) is 31.3 Å². The molecule has 0 bridgehead atoms. The summed E-state index contributed by atoms with van der Waals surface area (Å²) in [6.07, 6.45) is 2.35. The van der Waals surface area contributed by atoms with Gasteiger partial charge in [0, 0.05) is 24.4 Å². The normalized spacial score (nSPS) is 12.6. The standard InChI is InChI=1S/C12H15ClN4/c1-17-12(15-8-16-17)6-10(7-14)9-2-4-11(13)5-3-9/h2-5,8,10H,6-7,14H2,1H3. The zero-order chi connectivity index (χ0) is 12.3. The Hall–Kier alpha value is -1.39. The number of nitrogens with two attached hydrogens (primary N) is 1. The lowest BCUT2D eigenvalue weighted by molar-refractivity contribution is 0.619. The van der Waals surface area contributed by atoms with Crippen LogP contribution in [0.4, 0.5) is 0 Å². The Morgan fingerprint density at radius 1 is 1.35 bits per heavy atom. The molecule has 1 aromatic carbocycles. The second-order valence-electron chi connectivity index (χ2n) is 3.99. The summed E-state index contributed by atoms with van der Waals surface area (Å²) >= 11 is 5.87. The van der Waals surface area contributed by atoms with E-state index in [9.17, 15) is 0 Å². The molecule has 1 aromatic heterocycles. The number of halogens is 1. The van der Waals surface area contributed by atoms with Gasteiger partial charge >= 0.3 is 0 Å². The Kier molecular flexibility index (Phi) is 3.76. The van der Waals surface area contributed by atoms with E-state index in [0.29, 0.717) is 6.54 Å². The van der Waals surface area contributed by atoms with Gasteiger partial charge in [-0.05, 0) is 24.2 Å². The summed E-state index contributed by atoms with van der Waals surface area (Å²) in [5, 5.41) is 4.79. The fourth-order valence-electron chi connectivity index (χ4n) is 1.80. The molecule has 0 aliphatic rings. The van der Waals surface area contributed by atoms with Gasteiger partial charge in [0.15, 0.2) is 0 Å². The third kappa shape index (κ3) is 2.84. The fraction of sp³-hybridized carbons (Fsp3) is 0.333. The SMILES string of the molecule is Cn1ncnc1CC(CN)c1ccc(Cl)cc1. The van der Waals surface area contributed by atoms with Gasteiger partial charge in [-0.1, -0.05) is 23.7 Å². The highest BCUT2D eigenvalue weighted by Gasteiger charge is 2.13. The number of aryl methyl sites for hydroxylation is 1. The molecular weight excluding hydrogens is 236 g/mol. The molecule has 0 saturated heterocycles. The molecule has 0 aliphatic heterocycles. The van der Waals surface area contributed by atoms with Gasteiger partial charge in [0.1, 0.15) is 12.2 Å². The first-order valence-electron chi connectivity index (χ1n) is 5.49. The molecule has 2 rings (SSSR count). The van der Waals surface area contributed by atoms with Crippen molar-refractivity contribution in [1.82, 2.24) is 14.8 Å². The average molecular weight is 251 g/mol. The van der Waals surface area contributed by atoms with Crippen molar-refractivity contribution in [2.75, 3.05) is 6.54 Å². The summed E-state index contributed by atoms with van der Waals surface area (Å²) in [6, 6.07) is 7.79. The first-order valence-corrected chi connectivity index (χ1v) is 5.87. The van der Waals surface area contributed by atoms with Crippen LogP contribution >= 0.6 is 11.6 Å². The Labute approximate surface area is 105 Å². The van der Waals surface area contributed by atoms with Crippen LogP contribution in [0.25, 0.3) is 0 Å². The van der Waals surface area contributed by atoms with Crippen molar-refractivity contribution in [2.24, 2.45) is 12.8 Å². The second kappa shape index (κ2) is 5.29. The molecule has 1 heterocycles. The van der Waals surface area contributed by atoms with E-state index in [1.165, 1.54) is 5.56 Å². The first-order chi connectivity index (χ1) is 8.20. The molecule has 5 heteroatoms. The molecule has 4 nitrogen and oxygen atoms in total. The van der Waals surface area contributed by atoms with Crippen molar-refractivity contribution in [3.05, 3.63) is 47.0 Å². The number of aromatic nitrogens is 3. The summed E-state index contributed by atoms with van der Waals surface area (Å²) in [4.78, 5) is 4.22. The van der Waals surface area contributed by atoms with Crippen LogP contribution in [0.1, 0.15) is 17.3 Å². The van der Waals surface area contributed by atoms with E-state index in [2.05, 4.69) is 10.1 Å². The molecule has 2 aromatic rings. The number of hydrogen-bond acceptors (Lipinski definition) is 3. The molecule has 0 radical (unpaired) electrons. The lowest BCUT2D eigenvalue weighted by Gasteiger charge is -2.14. The Balaban J connectivity index is 2.17. The van der Waals surface area contributed by atoms with Crippen molar-refractivity contribution >= 4 is 11.6 Å². The topological polar surface area (TPSA) is 56.7 Å². The van der Waals surface area contributed by atoms with Crippen molar-refractivity contribution in [3.8, 4) is 0 Å². The molecule has 0 spiro atoms. The number of hydrogen-bond donors (Lipinski definition) is 1. The molecular formula is C12H15ClN4. The highest BCUT2D eigenvalue weighted by atomic mass is 35.5. The van der Waals surface area contributed by atoms with Gasteiger partial charge in [0.25, 0.3) is 0 Å². The van der Waals surface area contributed by atoms with Crippen LogP contribution in [0.5, 0.6) is 0 Å². The van der Waals surface area contributed by atoms with Crippen LogP contribution in [0.3, 0.4) is 0 Å². The first kappa shape index (κ1) is 12.1. The van der Waals surface area contributed by atoms with Gasteiger partial charge in [0.2, 0.25) is 0 Å². The van der Waals surface area contributed by atoms with Gasteiger partial charge in [-0.3, -0.25) is 4.68 Å². The lowest BCUT2D eigenvalue weighted by atomic mass is 9.95. The van der Waals surface area contributed by atoms with Crippen LogP contribution in [-0.4, -0.2) is 21.3 Å². The van der Waals surface area contributed by atoms with Gasteiger partial charge in [-0.2, -0.15) is 5.10 Å². The molecule has 2 N–H and O–H groups in total. The van der Waals surface area contributed by atoms with Crippen LogP contribution in [-0.2, 0) is 13.5 Å². The van der Waals surface area contributed by atoms with E-state index in [4.69, 9.17) is 17.3 Å². The summed E-state index contributed by atoms with van der Waals surface area (Å²) in [5.41, 5.74) is 7.00. The Morgan fingerprint density at radius 2 is 2.06 bits per heavy atom. The van der Waals surface area contributed by atoms with Gasteiger partial charge in [0.05, 0.1) is 0 Å². The minimum Gasteiger partial charge on any atom is -0.330 e. The molecule has 0 saturated carbocycles. The third-order valence-corrected chi connectivity index (χ3v) is 3.11. The van der Waals surface area contributed by atoms with E-state index in [-0.39, 0.29) is 5.92 Å². The van der Waals surface area contributed by atoms with Crippen LogP contribution in [0.15, 0.2) is 30.6 Å². The van der Waals surface area contributed by atoms with Crippen molar-refractivity contribution < 1.29 is 0 Å². The average Bonchev–Trinajstić information content (AvgIpc) is 2.73. The van der Waals surface area contributed by atoms with Crippen LogP contribution < -0.4 is 5.73 Å². The van der Waals surface area contributed by atoms with E-state index in [0.717, 1.165) is 17.3 Å². The molecule has 0 amide bonds. The predicted molar refractivity (Wildman–Crippen MR) is 68.0 cm³/mol. The maximum absolute atomic E-state index is 5.87. The summed E-state index contributed by atoms with van der Waals surface area (Å²) in [5.74, 6) is 1.19. The van der Waals surface area contributed by atoms with E-state index in [1.54, 1.807) is 11.0 Å². The molecule has 1 atom stereocenters. The van der Waals surface area contributed by atoms with Crippen molar-refractivity contribution in [1.29, 1.82) is 0 Å². The number of rotatable bonds is 4. The lowest BCUT2D eigenvalue weighted by Crippen LogP contribution is -2.17. The second-order valence-corrected chi connectivity index (χ2v) is 4.42. The number of nitrogens with zero attached hydrogens (tertiary/aromatic N) is 3. The quantitative estimate of drug-likeness (QED) is 0.900. The highest BCUT2D eigenvalue weighted by Crippen LogP contribution is 2.20. The summed E-state index contributed by atoms with van der Waals surface area (Å²) in [7, 11) is 1.89. The van der Waals surface area contributed by atoms with E-state index < -0.39 is 0 Å². The third-order valence-electron chi connectivity index (χ3n) is 2.86. The summed E-state index contributed by atoms with van der Waals surface area (Å²) in [6.45, 7) is 0.578. The van der Waals surface area contributed by atoms with Crippen molar-refractivity contribution in [3.63, 3.8) is 0 Å². The molecule has 1 unspecified atom stereocenters. The van der Waals surface area contributed by atoms with Crippen LogP contribution in [0, 0.1) is 0 Å². The fourth-order valence-corrected chi connectivity index (χ4v) is 1.92. The maximum atomic E-state index is 5.87. The largest absolute Gasteiger partial charge is 0.330 e. The van der Waals surface area contributed by atoms with Gasteiger partial charge < -0.3 is 5.73 Å². The monoisotopic (exact) mass is 250 g/mol. The minimum absolute atomic E-state index is 0.246. The molecule has 0 aliphatic carbocycles. The molecule has 17 heavy (non-hydrogen) atoms. The minimum atomic E-state index is 0.246. The Bertz CT molecular complexity index is 478. The van der Waals surface area contributed by atoms with Gasteiger partial charge in [-0.15, -0.1) is 0 Å². The smallest absolute Gasteiger partial charge is 0.138 e. The Morgan fingerprint density at radius 3 is 2.59 bits per heavy atom. The molecule has 0 fully saturated rings. The number of benzene rings is 1. The van der Waals surface area contributed by atoms with Gasteiger partial charge in [-0.25, -0.2) is 4.98 Å². The molecule has 90 valence electrons. The van der Waals surface area contributed by atoms with Crippen molar-refractivity contribution in [2.45, 2.75) is 12.3 Å².